The van der Waals surface area contributed by atoms with Gasteiger partial charge in [-0.15, -0.1) is 0 Å². The van der Waals surface area contributed by atoms with Gasteiger partial charge < -0.3 is 5.32 Å². The van der Waals surface area contributed by atoms with Crippen molar-refractivity contribution >= 4 is 28.7 Å². The number of carbonyl (C=O) groups excluding carboxylic acids is 3. The van der Waals surface area contributed by atoms with Gasteiger partial charge in [-0.05, 0) is 62.6 Å². The minimum absolute atomic E-state index is 0.0959. The number of hydrogen-bond acceptors (Lipinski definition) is 5. The van der Waals surface area contributed by atoms with Crippen LogP contribution in [0.25, 0.3) is 10.9 Å². The molecule has 3 heterocycles. The van der Waals surface area contributed by atoms with Crippen molar-refractivity contribution in [2.24, 2.45) is 5.92 Å². The number of hydrazine groups is 1. The van der Waals surface area contributed by atoms with Crippen molar-refractivity contribution in [1.29, 1.82) is 0 Å². The van der Waals surface area contributed by atoms with E-state index in [9.17, 15) is 19.2 Å². The van der Waals surface area contributed by atoms with Gasteiger partial charge in [0.15, 0.2) is 0 Å². The second kappa shape index (κ2) is 7.72. The normalized spacial score (nSPS) is 25.5. The predicted octanol–water partition coefficient (Wildman–Crippen LogP) is 2.27. The molecule has 5 rings (SSSR count). The average Bonchev–Trinajstić information content (AvgIpc) is 2.94. The van der Waals surface area contributed by atoms with Crippen LogP contribution in [-0.4, -0.2) is 37.9 Å². The Balaban J connectivity index is 1.40. The molecule has 4 amide bonds. The van der Waals surface area contributed by atoms with E-state index >= 15 is 0 Å². The standard InChI is InChI=1S/C23H27N5O4/c1-14-8-10-23(11-9-14)21(31)28(22(32)25-23)26-19(29)15-6-7-16-17(13-15)24-18-5-3-2-4-12-27(18)20(16)30/h6-7,13-14H,2-5,8-12H2,1H3,(H,25,32)(H,26,29). The zero-order valence-corrected chi connectivity index (χ0v) is 18.1. The number of fused-ring (bicyclic) bond motifs is 2. The molecule has 2 fully saturated rings. The number of aryl methyl sites for hydroxylation is 1. The van der Waals surface area contributed by atoms with E-state index in [4.69, 9.17) is 0 Å². The summed E-state index contributed by atoms with van der Waals surface area (Å²) in [5.74, 6) is 0.247. The maximum Gasteiger partial charge on any atom is 0.344 e. The van der Waals surface area contributed by atoms with E-state index in [-0.39, 0.29) is 11.1 Å². The molecule has 9 heteroatoms. The van der Waals surface area contributed by atoms with Crippen LogP contribution in [-0.2, 0) is 17.8 Å². The van der Waals surface area contributed by atoms with Gasteiger partial charge >= 0.3 is 6.03 Å². The molecule has 0 unspecified atom stereocenters. The van der Waals surface area contributed by atoms with E-state index in [2.05, 4.69) is 22.7 Å². The van der Waals surface area contributed by atoms with Gasteiger partial charge in [0.25, 0.3) is 17.4 Å². The molecular weight excluding hydrogens is 410 g/mol. The largest absolute Gasteiger partial charge is 0.344 e. The Kier molecular flexibility index (Phi) is 4.98. The summed E-state index contributed by atoms with van der Waals surface area (Å²) in [6, 6.07) is 4.06. The first-order chi connectivity index (χ1) is 15.4. The minimum Gasteiger partial charge on any atom is -0.322 e. The Hall–Kier alpha value is -3.23. The summed E-state index contributed by atoms with van der Waals surface area (Å²) < 4.78 is 1.73. The molecule has 1 spiro atoms. The van der Waals surface area contributed by atoms with Gasteiger partial charge in [-0.2, -0.15) is 5.01 Å². The van der Waals surface area contributed by atoms with E-state index in [0.717, 1.165) is 49.4 Å². The molecule has 2 aliphatic heterocycles. The highest BCUT2D eigenvalue weighted by Gasteiger charge is 2.52. The zero-order chi connectivity index (χ0) is 22.5. The molecule has 9 nitrogen and oxygen atoms in total. The monoisotopic (exact) mass is 437 g/mol. The molecule has 1 saturated heterocycles. The summed E-state index contributed by atoms with van der Waals surface area (Å²) in [6.07, 6.45) is 6.55. The molecular formula is C23H27N5O4. The molecule has 1 aliphatic carbocycles. The lowest BCUT2D eigenvalue weighted by atomic mass is 9.77. The number of nitrogens with one attached hydrogen (secondary N) is 2. The number of imide groups is 1. The van der Waals surface area contributed by atoms with Crippen LogP contribution in [0.15, 0.2) is 23.0 Å². The van der Waals surface area contributed by atoms with E-state index in [1.807, 2.05) is 0 Å². The van der Waals surface area contributed by atoms with Gasteiger partial charge in [-0.3, -0.25) is 24.4 Å². The van der Waals surface area contributed by atoms with Crippen LogP contribution in [0.1, 0.15) is 68.1 Å². The van der Waals surface area contributed by atoms with Crippen LogP contribution in [0.3, 0.4) is 0 Å². The van der Waals surface area contributed by atoms with Gasteiger partial charge in [0.05, 0.1) is 10.9 Å². The molecule has 1 aromatic heterocycles. The second-order valence-electron chi connectivity index (χ2n) is 9.30. The summed E-state index contributed by atoms with van der Waals surface area (Å²) in [7, 11) is 0. The Morgan fingerprint density at radius 2 is 1.94 bits per heavy atom. The Morgan fingerprint density at radius 3 is 2.72 bits per heavy atom. The van der Waals surface area contributed by atoms with Crippen molar-refractivity contribution in [3.63, 3.8) is 0 Å². The van der Waals surface area contributed by atoms with Crippen LogP contribution < -0.4 is 16.3 Å². The van der Waals surface area contributed by atoms with Gasteiger partial charge in [-0.1, -0.05) is 13.3 Å². The number of rotatable bonds is 2. The van der Waals surface area contributed by atoms with E-state index in [1.165, 1.54) is 6.07 Å². The van der Waals surface area contributed by atoms with Crippen LogP contribution in [0, 0.1) is 5.92 Å². The lowest BCUT2D eigenvalue weighted by molar-refractivity contribution is -0.134. The number of benzene rings is 1. The topological polar surface area (TPSA) is 113 Å². The first-order valence-corrected chi connectivity index (χ1v) is 11.4. The molecule has 168 valence electrons. The number of carbonyl (C=O) groups is 3. The fourth-order valence-corrected chi connectivity index (χ4v) is 5.04. The van der Waals surface area contributed by atoms with Crippen LogP contribution in [0.4, 0.5) is 4.79 Å². The first-order valence-electron chi connectivity index (χ1n) is 11.4. The lowest BCUT2D eigenvalue weighted by Gasteiger charge is -2.33. The molecule has 1 saturated carbocycles. The maximum absolute atomic E-state index is 13.0. The molecule has 3 aliphatic rings. The first kappa shape index (κ1) is 20.7. The number of nitrogens with zero attached hydrogens (tertiary/aromatic N) is 3. The lowest BCUT2D eigenvalue weighted by Crippen LogP contribution is -2.51. The van der Waals surface area contributed by atoms with Crippen molar-refractivity contribution in [1.82, 2.24) is 25.3 Å². The smallest absolute Gasteiger partial charge is 0.322 e. The van der Waals surface area contributed by atoms with Crippen molar-refractivity contribution in [3.05, 3.63) is 39.9 Å². The highest BCUT2D eigenvalue weighted by atomic mass is 16.2. The van der Waals surface area contributed by atoms with Crippen molar-refractivity contribution < 1.29 is 14.4 Å². The quantitative estimate of drug-likeness (QED) is 0.700. The third kappa shape index (κ3) is 3.36. The number of aromatic nitrogens is 2. The third-order valence-electron chi connectivity index (χ3n) is 7.08. The Morgan fingerprint density at radius 1 is 1.16 bits per heavy atom. The molecule has 32 heavy (non-hydrogen) atoms. The minimum atomic E-state index is -0.923. The highest BCUT2D eigenvalue weighted by molar-refractivity contribution is 6.09. The third-order valence-corrected chi connectivity index (χ3v) is 7.08. The number of hydrogen-bond donors (Lipinski definition) is 2. The second-order valence-corrected chi connectivity index (χ2v) is 9.30. The van der Waals surface area contributed by atoms with Crippen LogP contribution in [0.5, 0.6) is 0 Å². The molecule has 2 N–H and O–H groups in total. The Bertz CT molecular complexity index is 1180. The van der Waals surface area contributed by atoms with Crippen molar-refractivity contribution in [2.45, 2.75) is 70.4 Å². The summed E-state index contributed by atoms with van der Waals surface area (Å²) in [5, 5.41) is 4.04. The van der Waals surface area contributed by atoms with Crippen molar-refractivity contribution in [2.75, 3.05) is 0 Å². The van der Waals surface area contributed by atoms with Crippen LogP contribution >= 0.6 is 0 Å². The van der Waals surface area contributed by atoms with Crippen LogP contribution in [0.2, 0.25) is 0 Å². The fourth-order valence-electron chi connectivity index (χ4n) is 5.04. The van der Waals surface area contributed by atoms with Gasteiger partial charge in [0.1, 0.15) is 11.4 Å². The van der Waals surface area contributed by atoms with E-state index in [0.29, 0.717) is 36.2 Å². The maximum atomic E-state index is 13.0. The van der Waals surface area contributed by atoms with E-state index < -0.39 is 23.4 Å². The Labute approximate surface area is 185 Å². The highest BCUT2D eigenvalue weighted by Crippen LogP contribution is 2.35. The fraction of sp³-hybridized carbons (Fsp3) is 0.522. The average molecular weight is 438 g/mol. The molecule has 0 bridgehead atoms. The number of amides is 4. The number of urea groups is 1. The van der Waals surface area contributed by atoms with Gasteiger partial charge in [0, 0.05) is 18.5 Å². The molecule has 0 atom stereocenters. The summed E-state index contributed by atoms with van der Waals surface area (Å²) in [5.41, 5.74) is 2.12. The summed E-state index contributed by atoms with van der Waals surface area (Å²) in [4.78, 5) is 55.9. The zero-order valence-electron chi connectivity index (χ0n) is 18.1. The van der Waals surface area contributed by atoms with Gasteiger partial charge in [0.2, 0.25) is 0 Å². The molecule has 2 aromatic rings. The predicted molar refractivity (Wildman–Crippen MR) is 117 cm³/mol. The molecule has 0 radical (unpaired) electrons. The molecule has 1 aromatic carbocycles. The summed E-state index contributed by atoms with van der Waals surface area (Å²) in [6.45, 7) is 2.79. The SMILES string of the molecule is CC1CCC2(CC1)NC(=O)N(NC(=O)c1ccc3c(=O)n4c(nc3c1)CCCCC4)C2=O. The van der Waals surface area contributed by atoms with Crippen molar-refractivity contribution in [3.8, 4) is 0 Å². The van der Waals surface area contributed by atoms with E-state index in [1.54, 1.807) is 16.7 Å². The summed E-state index contributed by atoms with van der Waals surface area (Å²) >= 11 is 0. The van der Waals surface area contributed by atoms with Gasteiger partial charge in [-0.25, -0.2) is 9.78 Å².